The highest BCUT2D eigenvalue weighted by Gasteiger charge is 2.35. The van der Waals surface area contributed by atoms with Gasteiger partial charge in [-0.05, 0) is 25.0 Å². The van der Waals surface area contributed by atoms with Crippen LogP contribution in [0, 0.1) is 5.92 Å². The smallest absolute Gasteiger partial charge is 0.227 e. The standard InChI is InChI=1S/C17H20Cl2N2O3/c1-24-16-12(8-13(18)10-14(16)19)9-15(22)20-4-6-21(7-5-20)17(23)11-2-3-11/h8,10-11H,2-7,9H2,1H3. The van der Waals surface area contributed by atoms with Crippen molar-refractivity contribution in [2.75, 3.05) is 33.3 Å². The average Bonchev–Trinajstić information content (AvgIpc) is 3.39. The van der Waals surface area contributed by atoms with Gasteiger partial charge in [-0.2, -0.15) is 0 Å². The predicted octanol–water partition coefficient (Wildman–Crippen LogP) is 2.63. The van der Waals surface area contributed by atoms with Crippen molar-refractivity contribution in [1.29, 1.82) is 0 Å². The summed E-state index contributed by atoms with van der Waals surface area (Å²) in [5, 5.41) is 0.871. The van der Waals surface area contributed by atoms with E-state index in [1.54, 1.807) is 17.0 Å². The summed E-state index contributed by atoms with van der Waals surface area (Å²) in [4.78, 5) is 28.3. The first-order chi connectivity index (χ1) is 11.5. The highest BCUT2D eigenvalue weighted by Crippen LogP contribution is 2.33. The van der Waals surface area contributed by atoms with Crippen LogP contribution in [-0.2, 0) is 16.0 Å². The first-order valence-corrected chi connectivity index (χ1v) is 8.83. The molecule has 0 radical (unpaired) electrons. The highest BCUT2D eigenvalue weighted by molar-refractivity contribution is 6.35. The van der Waals surface area contributed by atoms with E-state index in [2.05, 4.69) is 0 Å². The van der Waals surface area contributed by atoms with Gasteiger partial charge in [0, 0.05) is 42.7 Å². The molecule has 1 saturated carbocycles. The van der Waals surface area contributed by atoms with Crippen molar-refractivity contribution in [3.05, 3.63) is 27.7 Å². The molecule has 1 aliphatic carbocycles. The van der Waals surface area contributed by atoms with Crippen molar-refractivity contribution < 1.29 is 14.3 Å². The van der Waals surface area contributed by atoms with Gasteiger partial charge < -0.3 is 14.5 Å². The molecule has 1 aromatic rings. The molecule has 5 nitrogen and oxygen atoms in total. The fourth-order valence-electron chi connectivity index (χ4n) is 3.01. The molecule has 7 heteroatoms. The van der Waals surface area contributed by atoms with Crippen LogP contribution in [0.3, 0.4) is 0 Å². The van der Waals surface area contributed by atoms with Crippen LogP contribution in [0.2, 0.25) is 10.0 Å². The highest BCUT2D eigenvalue weighted by atomic mass is 35.5. The molecule has 0 atom stereocenters. The first-order valence-electron chi connectivity index (χ1n) is 8.08. The van der Waals surface area contributed by atoms with E-state index in [1.807, 2.05) is 4.90 Å². The third kappa shape index (κ3) is 3.78. The number of ether oxygens (including phenoxy) is 1. The fraction of sp³-hybridized carbons (Fsp3) is 0.529. The SMILES string of the molecule is COc1c(Cl)cc(Cl)cc1CC(=O)N1CCN(C(=O)C2CC2)CC1. The second kappa shape index (κ2) is 7.19. The van der Waals surface area contributed by atoms with Gasteiger partial charge in [0.2, 0.25) is 11.8 Å². The van der Waals surface area contributed by atoms with Crippen LogP contribution in [0.5, 0.6) is 5.75 Å². The Balaban J connectivity index is 1.61. The van der Waals surface area contributed by atoms with E-state index in [0.29, 0.717) is 47.5 Å². The van der Waals surface area contributed by atoms with Crippen molar-refractivity contribution in [3.8, 4) is 5.75 Å². The Hall–Kier alpha value is -1.46. The van der Waals surface area contributed by atoms with Crippen LogP contribution in [-0.4, -0.2) is 54.9 Å². The molecule has 1 heterocycles. The minimum atomic E-state index is -0.00912. The van der Waals surface area contributed by atoms with E-state index < -0.39 is 0 Å². The summed E-state index contributed by atoms with van der Waals surface area (Å²) in [5.74, 6) is 0.942. The molecular formula is C17H20Cl2N2O3. The molecule has 2 amide bonds. The molecule has 1 aliphatic heterocycles. The number of rotatable bonds is 4. The van der Waals surface area contributed by atoms with Gasteiger partial charge in [-0.1, -0.05) is 23.2 Å². The molecule has 130 valence electrons. The van der Waals surface area contributed by atoms with Crippen molar-refractivity contribution >= 4 is 35.0 Å². The minimum absolute atomic E-state index is 0.00912. The van der Waals surface area contributed by atoms with E-state index in [4.69, 9.17) is 27.9 Å². The molecule has 2 fully saturated rings. The molecule has 24 heavy (non-hydrogen) atoms. The largest absolute Gasteiger partial charge is 0.495 e. The van der Waals surface area contributed by atoms with Gasteiger partial charge in [0.1, 0.15) is 5.75 Å². The van der Waals surface area contributed by atoms with Crippen LogP contribution in [0.4, 0.5) is 0 Å². The summed E-state index contributed by atoms with van der Waals surface area (Å²) in [7, 11) is 1.52. The maximum atomic E-state index is 12.6. The summed E-state index contributed by atoms with van der Waals surface area (Å²) < 4.78 is 5.29. The van der Waals surface area contributed by atoms with Gasteiger partial charge in [0.15, 0.2) is 0 Å². The molecular weight excluding hydrogens is 351 g/mol. The number of carbonyl (C=O) groups excluding carboxylic acids is 2. The monoisotopic (exact) mass is 370 g/mol. The molecule has 0 unspecified atom stereocenters. The summed E-state index contributed by atoms with van der Waals surface area (Å²) in [6.07, 6.45) is 2.20. The Bertz CT molecular complexity index is 653. The zero-order valence-electron chi connectivity index (χ0n) is 13.6. The zero-order valence-corrected chi connectivity index (χ0v) is 15.1. The molecule has 0 bridgehead atoms. The first kappa shape index (κ1) is 17.4. The number of carbonyl (C=O) groups is 2. The van der Waals surface area contributed by atoms with E-state index in [1.165, 1.54) is 7.11 Å². The van der Waals surface area contributed by atoms with Crippen LogP contribution in [0.15, 0.2) is 12.1 Å². The van der Waals surface area contributed by atoms with Gasteiger partial charge in [-0.25, -0.2) is 0 Å². The van der Waals surface area contributed by atoms with E-state index >= 15 is 0 Å². The normalized spacial score (nSPS) is 17.8. The Morgan fingerprint density at radius 2 is 1.75 bits per heavy atom. The Labute approximate surface area is 151 Å². The summed E-state index contributed by atoms with van der Waals surface area (Å²) in [6, 6.07) is 3.30. The lowest BCUT2D eigenvalue weighted by Gasteiger charge is -2.35. The molecule has 1 aromatic carbocycles. The zero-order chi connectivity index (χ0) is 17.3. The van der Waals surface area contributed by atoms with Crippen molar-refractivity contribution in [1.82, 2.24) is 9.80 Å². The van der Waals surface area contributed by atoms with E-state index in [-0.39, 0.29) is 24.2 Å². The second-order valence-electron chi connectivity index (χ2n) is 6.24. The fourth-order valence-corrected chi connectivity index (χ4v) is 3.63. The molecule has 0 aromatic heterocycles. The summed E-state index contributed by atoms with van der Waals surface area (Å²) in [6.45, 7) is 2.34. The average molecular weight is 371 g/mol. The Morgan fingerprint density at radius 3 is 2.33 bits per heavy atom. The quantitative estimate of drug-likeness (QED) is 0.818. The van der Waals surface area contributed by atoms with Gasteiger partial charge in [-0.15, -0.1) is 0 Å². The third-order valence-electron chi connectivity index (χ3n) is 4.50. The lowest BCUT2D eigenvalue weighted by molar-refractivity contribution is -0.140. The molecule has 1 saturated heterocycles. The number of benzene rings is 1. The number of piperazine rings is 1. The lowest BCUT2D eigenvalue weighted by atomic mass is 10.1. The molecule has 3 rings (SSSR count). The number of hydrogen-bond donors (Lipinski definition) is 0. The maximum Gasteiger partial charge on any atom is 0.227 e. The molecule has 0 N–H and O–H groups in total. The van der Waals surface area contributed by atoms with Crippen molar-refractivity contribution in [2.24, 2.45) is 5.92 Å². The summed E-state index contributed by atoms with van der Waals surface area (Å²) in [5.41, 5.74) is 0.677. The number of halogens is 2. The van der Waals surface area contributed by atoms with Gasteiger partial charge in [0.25, 0.3) is 0 Å². The topological polar surface area (TPSA) is 49.9 Å². The number of amides is 2. The number of methoxy groups -OCH3 is 1. The molecule has 0 spiro atoms. The Morgan fingerprint density at radius 1 is 1.12 bits per heavy atom. The second-order valence-corrected chi connectivity index (χ2v) is 7.08. The van der Waals surface area contributed by atoms with Crippen molar-refractivity contribution in [3.63, 3.8) is 0 Å². The molecule has 2 aliphatic rings. The predicted molar refractivity (Wildman–Crippen MR) is 92.6 cm³/mol. The minimum Gasteiger partial charge on any atom is -0.495 e. The van der Waals surface area contributed by atoms with Crippen LogP contribution >= 0.6 is 23.2 Å². The third-order valence-corrected chi connectivity index (χ3v) is 5.00. The Kier molecular flexibility index (Phi) is 5.21. The number of hydrogen-bond acceptors (Lipinski definition) is 3. The van der Waals surface area contributed by atoms with Crippen LogP contribution < -0.4 is 4.74 Å². The van der Waals surface area contributed by atoms with E-state index in [0.717, 1.165) is 12.8 Å². The van der Waals surface area contributed by atoms with Gasteiger partial charge in [0.05, 0.1) is 18.6 Å². The van der Waals surface area contributed by atoms with Crippen molar-refractivity contribution in [2.45, 2.75) is 19.3 Å². The van der Waals surface area contributed by atoms with Crippen LogP contribution in [0.25, 0.3) is 0 Å². The maximum absolute atomic E-state index is 12.6. The van der Waals surface area contributed by atoms with Gasteiger partial charge in [-0.3, -0.25) is 9.59 Å². The van der Waals surface area contributed by atoms with Crippen LogP contribution in [0.1, 0.15) is 18.4 Å². The van der Waals surface area contributed by atoms with Gasteiger partial charge >= 0.3 is 0 Å². The number of nitrogens with zero attached hydrogens (tertiary/aromatic N) is 2. The van der Waals surface area contributed by atoms with E-state index in [9.17, 15) is 9.59 Å². The lowest BCUT2D eigenvalue weighted by Crippen LogP contribution is -2.51. The summed E-state index contributed by atoms with van der Waals surface area (Å²) >= 11 is 12.1.